The highest BCUT2D eigenvalue weighted by Crippen LogP contribution is 2.42. The van der Waals surface area contributed by atoms with Crippen molar-refractivity contribution in [1.82, 2.24) is 0 Å². The van der Waals surface area contributed by atoms with E-state index in [0.29, 0.717) is 15.9 Å². The molecule has 0 N–H and O–H groups in total. The van der Waals surface area contributed by atoms with Gasteiger partial charge in [0.1, 0.15) is 0 Å². The number of sulfone groups is 1. The molecule has 0 aromatic heterocycles. The van der Waals surface area contributed by atoms with Crippen LogP contribution in [0.25, 0.3) is 0 Å². The molecule has 2 atom stereocenters. The normalized spacial score (nSPS) is 22.8. The van der Waals surface area contributed by atoms with Gasteiger partial charge in [-0.2, -0.15) is 13.2 Å². The first-order valence-corrected chi connectivity index (χ1v) is 12.4. The molecule has 0 spiro atoms. The van der Waals surface area contributed by atoms with Crippen molar-refractivity contribution in [3.8, 4) is 0 Å². The molecule has 2 aromatic rings. The molecule has 0 saturated carbocycles. The maximum absolute atomic E-state index is 13.3. The largest absolute Gasteiger partial charge is 0.416 e. The summed E-state index contributed by atoms with van der Waals surface area (Å²) in [5, 5.41) is 1.09. The van der Waals surface area contributed by atoms with E-state index in [-0.39, 0.29) is 22.2 Å². The fourth-order valence-electron chi connectivity index (χ4n) is 3.55. The molecule has 0 aliphatic carbocycles. The zero-order valence-corrected chi connectivity index (χ0v) is 18.4. The van der Waals surface area contributed by atoms with Crippen LogP contribution in [0.3, 0.4) is 0 Å². The molecule has 2 aliphatic heterocycles. The Kier molecular flexibility index (Phi) is 5.76. The molecule has 0 radical (unpaired) electrons. The molecule has 1 saturated heterocycles. The summed E-state index contributed by atoms with van der Waals surface area (Å²) in [6, 6.07) is 9.11. The molecule has 2 aromatic carbocycles. The predicted molar refractivity (Wildman–Crippen MR) is 115 cm³/mol. The first kappa shape index (κ1) is 21.8. The lowest BCUT2D eigenvalue weighted by Crippen LogP contribution is -2.39. The van der Waals surface area contributed by atoms with Crippen LogP contribution in [0.2, 0.25) is 10.0 Å². The molecular weight excluding hydrogens is 480 g/mol. The third-order valence-corrected chi connectivity index (χ3v) is 8.36. The van der Waals surface area contributed by atoms with Gasteiger partial charge in [0.05, 0.1) is 39.9 Å². The van der Waals surface area contributed by atoms with Crippen LogP contribution in [-0.2, 0) is 21.8 Å². The topological polar surface area (TPSA) is 49.7 Å². The Labute approximate surface area is 186 Å². The van der Waals surface area contributed by atoms with Gasteiger partial charge in [0.25, 0.3) is 0 Å². The van der Waals surface area contributed by atoms with Gasteiger partial charge in [0.15, 0.2) is 15.0 Å². The van der Waals surface area contributed by atoms with Crippen LogP contribution in [0, 0.1) is 0 Å². The fourth-order valence-corrected chi connectivity index (χ4v) is 7.00. The minimum absolute atomic E-state index is 0.0963. The van der Waals surface area contributed by atoms with E-state index in [2.05, 4.69) is 4.99 Å². The first-order valence-electron chi connectivity index (χ1n) is 8.85. The highest BCUT2D eigenvalue weighted by Gasteiger charge is 2.48. The summed E-state index contributed by atoms with van der Waals surface area (Å²) in [4.78, 5) is 6.06. The molecule has 2 heterocycles. The minimum Gasteiger partial charge on any atom is -0.313 e. The van der Waals surface area contributed by atoms with Gasteiger partial charge in [-0.05, 0) is 29.8 Å². The molecule has 1 fully saturated rings. The zero-order chi connectivity index (χ0) is 21.7. The van der Waals surface area contributed by atoms with Crippen molar-refractivity contribution in [3.63, 3.8) is 0 Å². The van der Waals surface area contributed by atoms with Gasteiger partial charge in [0.2, 0.25) is 0 Å². The maximum Gasteiger partial charge on any atom is 0.416 e. The average Bonchev–Trinajstić information content (AvgIpc) is 3.11. The number of halogens is 5. The average molecular weight is 495 g/mol. The lowest BCUT2D eigenvalue weighted by atomic mass is 10.1. The number of hydrogen-bond donors (Lipinski definition) is 0. The Morgan fingerprint density at radius 1 is 1.10 bits per heavy atom. The molecule has 2 aliphatic rings. The van der Waals surface area contributed by atoms with E-state index >= 15 is 0 Å². The third-order valence-electron chi connectivity index (χ3n) is 4.96. The smallest absolute Gasteiger partial charge is 0.313 e. The number of nitrogens with zero attached hydrogens (tertiary/aromatic N) is 2. The molecule has 0 bridgehead atoms. The van der Waals surface area contributed by atoms with Crippen LogP contribution in [0.5, 0.6) is 0 Å². The zero-order valence-electron chi connectivity index (χ0n) is 15.2. The van der Waals surface area contributed by atoms with Gasteiger partial charge in [-0.15, -0.1) is 0 Å². The van der Waals surface area contributed by atoms with E-state index in [9.17, 15) is 21.6 Å². The van der Waals surface area contributed by atoms with Crippen LogP contribution in [0.4, 0.5) is 18.9 Å². The lowest BCUT2D eigenvalue weighted by molar-refractivity contribution is -0.137. The van der Waals surface area contributed by atoms with Gasteiger partial charge in [-0.25, -0.2) is 8.42 Å². The van der Waals surface area contributed by atoms with E-state index in [4.69, 9.17) is 23.2 Å². The second-order valence-corrected chi connectivity index (χ2v) is 10.9. The van der Waals surface area contributed by atoms with E-state index in [0.717, 1.165) is 17.7 Å². The van der Waals surface area contributed by atoms with Crippen LogP contribution in [-0.4, -0.2) is 37.2 Å². The first-order chi connectivity index (χ1) is 14.0. The van der Waals surface area contributed by atoms with E-state index in [1.54, 1.807) is 12.1 Å². The lowest BCUT2D eigenvalue weighted by Gasteiger charge is -2.28. The molecule has 30 heavy (non-hydrogen) atoms. The second kappa shape index (κ2) is 7.93. The Hall–Kier alpha value is -1.42. The van der Waals surface area contributed by atoms with Crippen LogP contribution >= 0.6 is 35.0 Å². The Morgan fingerprint density at radius 2 is 1.83 bits per heavy atom. The number of benzene rings is 2. The second-order valence-electron chi connectivity index (χ2n) is 7.04. The van der Waals surface area contributed by atoms with Crippen molar-refractivity contribution in [3.05, 3.63) is 63.6 Å². The van der Waals surface area contributed by atoms with Gasteiger partial charge in [0, 0.05) is 10.8 Å². The Morgan fingerprint density at radius 3 is 2.53 bits per heavy atom. The predicted octanol–water partition coefficient (Wildman–Crippen LogP) is 5.29. The van der Waals surface area contributed by atoms with Gasteiger partial charge in [-0.1, -0.05) is 53.2 Å². The minimum atomic E-state index is -4.55. The monoisotopic (exact) mass is 494 g/mol. The van der Waals surface area contributed by atoms with Crippen molar-refractivity contribution in [2.24, 2.45) is 4.99 Å². The number of rotatable bonds is 3. The highest BCUT2D eigenvalue weighted by atomic mass is 35.5. The van der Waals surface area contributed by atoms with Crippen LogP contribution < -0.4 is 4.90 Å². The summed E-state index contributed by atoms with van der Waals surface area (Å²) >= 11 is 13.7. The third kappa shape index (κ3) is 4.30. The summed E-state index contributed by atoms with van der Waals surface area (Å²) in [6.45, 7) is 0. The molecule has 4 rings (SSSR count). The highest BCUT2D eigenvalue weighted by molar-refractivity contribution is 8.13. The van der Waals surface area contributed by atoms with E-state index in [1.807, 2.05) is 12.1 Å². The standard InChI is InChI=1S/C19H15Cl2F3N2O2S2/c20-13-4-2-1-3-11(13)8-29-18-25-15-9-30(27,28)10-17(15)26(18)16-7-12(19(22,23)24)5-6-14(16)21/h1-7,15,17H,8-10H2/t15-,17+/m0/s1. The van der Waals surface area contributed by atoms with Crippen LogP contribution in [0.1, 0.15) is 11.1 Å². The number of amidine groups is 1. The number of anilines is 1. The van der Waals surface area contributed by atoms with E-state index < -0.39 is 33.7 Å². The summed E-state index contributed by atoms with van der Waals surface area (Å²) in [6.07, 6.45) is -4.55. The van der Waals surface area contributed by atoms with Crippen molar-refractivity contribution in [1.29, 1.82) is 0 Å². The van der Waals surface area contributed by atoms with E-state index in [1.165, 1.54) is 22.7 Å². The van der Waals surface area contributed by atoms with Gasteiger partial charge < -0.3 is 4.90 Å². The molecule has 4 nitrogen and oxygen atoms in total. The van der Waals surface area contributed by atoms with Gasteiger partial charge >= 0.3 is 6.18 Å². The molecule has 160 valence electrons. The number of alkyl halides is 3. The van der Waals surface area contributed by atoms with Crippen molar-refractivity contribution in [2.75, 3.05) is 16.4 Å². The molecule has 0 amide bonds. The summed E-state index contributed by atoms with van der Waals surface area (Å²) < 4.78 is 64.1. The van der Waals surface area contributed by atoms with Crippen molar-refractivity contribution in [2.45, 2.75) is 24.0 Å². The number of thioether (sulfide) groups is 1. The summed E-state index contributed by atoms with van der Waals surface area (Å²) in [7, 11) is -3.34. The molecule has 0 unspecified atom stereocenters. The summed E-state index contributed by atoms with van der Waals surface area (Å²) in [5.74, 6) is 0.0998. The van der Waals surface area contributed by atoms with Crippen molar-refractivity contribution >= 4 is 55.7 Å². The Bertz CT molecular complexity index is 1120. The summed E-state index contributed by atoms with van der Waals surface area (Å²) in [5.41, 5.74) is 0.0785. The Balaban J connectivity index is 1.71. The number of fused-ring (bicyclic) bond motifs is 1. The number of hydrogen-bond acceptors (Lipinski definition) is 5. The number of aliphatic imine (C=N–C) groups is 1. The molecule has 11 heteroatoms. The quantitative estimate of drug-likeness (QED) is 0.581. The van der Waals surface area contributed by atoms with Crippen LogP contribution in [0.15, 0.2) is 47.5 Å². The van der Waals surface area contributed by atoms with Gasteiger partial charge in [-0.3, -0.25) is 4.99 Å². The fraction of sp³-hybridized carbons (Fsp3) is 0.316. The SMILES string of the molecule is O=S1(=O)C[C@@H]2N=C(SCc3ccccc3Cl)N(c3cc(C(F)(F)F)ccc3Cl)[C@@H]2C1. The molecular formula is C19H15Cl2F3N2O2S2. The maximum atomic E-state index is 13.3. The van der Waals surface area contributed by atoms with Crippen molar-refractivity contribution < 1.29 is 21.6 Å².